The fourth-order valence-corrected chi connectivity index (χ4v) is 5.00. The Morgan fingerprint density at radius 3 is 2.50 bits per heavy atom. The second-order valence-electron chi connectivity index (χ2n) is 5.21. The number of nitrogens with zero attached hydrogens (tertiary/aromatic N) is 1. The van der Waals surface area contributed by atoms with Crippen LogP contribution < -0.4 is 4.90 Å². The van der Waals surface area contributed by atoms with Crippen molar-refractivity contribution in [2.75, 3.05) is 16.4 Å². The van der Waals surface area contributed by atoms with Crippen molar-refractivity contribution in [1.29, 1.82) is 0 Å². The summed E-state index contributed by atoms with van der Waals surface area (Å²) in [4.78, 5) is 13.7. The molecular formula is C13H15NO3S. The normalized spacial score (nSPS) is 29.6. The maximum absolute atomic E-state index is 12.0. The van der Waals surface area contributed by atoms with Crippen LogP contribution in [-0.4, -0.2) is 31.9 Å². The molecule has 3 rings (SSSR count). The minimum absolute atomic E-state index is 0.0243. The summed E-state index contributed by atoms with van der Waals surface area (Å²) >= 11 is 0. The molecule has 96 valence electrons. The molecule has 0 N–H and O–H groups in total. The van der Waals surface area contributed by atoms with E-state index in [0.29, 0.717) is 6.42 Å². The van der Waals surface area contributed by atoms with Crippen LogP contribution in [0.25, 0.3) is 0 Å². The Bertz CT molecular complexity index is 591. The zero-order valence-electron chi connectivity index (χ0n) is 10.2. The molecule has 1 aromatic rings. The lowest BCUT2D eigenvalue weighted by atomic mass is 10.0. The quantitative estimate of drug-likeness (QED) is 0.765. The van der Waals surface area contributed by atoms with Gasteiger partial charge in [-0.25, -0.2) is 8.42 Å². The molecular weight excluding hydrogens is 250 g/mol. The molecule has 2 aliphatic heterocycles. The summed E-state index contributed by atoms with van der Waals surface area (Å²) in [5.74, 6) is 0.288. The molecule has 1 amide bonds. The summed E-state index contributed by atoms with van der Waals surface area (Å²) < 4.78 is 23.3. The molecule has 0 aromatic heterocycles. The molecule has 18 heavy (non-hydrogen) atoms. The number of hydrogen-bond acceptors (Lipinski definition) is 3. The predicted molar refractivity (Wildman–Crippen MR) is 69.2 cm³/mol. The van der Waals surface area contributed by atoms with Crippen molar-refractivity contribution in [3.63, 3.8) is 0 Å². The first kappa shape index (κ1) is 11.7. The third-order valence-corrected chi connectivity index (χ3v) is 5.57. The van der Waals surface area contributed by atoms with Gasteiger partial charge in [-0.2, -0.15) is 0 Å². The van der Waals surface area contributed by atoms with E-state index in [9.17, 15) is 13.2 Å². The second kappa shape index (κ2) is 3.82. The van der Waals surface area contributed by atoms with Gasteiger partial charge in [0.05, 0.1) is 17.5 Å². The summed E-state index contributed by atoms with van der Waals surface area (Å²) in [5, 5.41) is 0. The van der Waals surface area contributed by atoms with Crippen LogP contribution in [-0.2, 0) is 14.6 Å². The first-order valence-electron chi connectivity index (χ1n) is 6.05. The number of benzene rings is 1. The summed E-state index contributed by atoms with van der Waals surface area (Å²) in [7, 11) is -2.97. The van der Waals surface area contributed by atoms with Crippen LogP contribution in [0.4, 0.5) is 5.69 Å². The van der Waals surface area contributed by atoms with E-state index in [2.05, 4.69) is 0 Å². The van der Waals surface area contributed by atoms with Crippen LogP contribution in [0.5, 0.6) is 0 Å². The van der Waals surface area contributed by atoms with Gasteiger partial charge in [0.25, 0.3) is 0 Å². The average Bonchev–Trinajstić information content (AvgIpc) is 2.70. The highest BCUT2D eigenvalue weighted by Crippen LogP contribution is 2.37. The van der Waals surface area contributed by atoms with Crippen molar-refractivity contribution < 1.29 is 13.2 Å². The number of anilines is 1. The summed E-state index contributed by atoms with van der Waals surface area (Å²) in [6.07, 6.45) is 0.359. The van der Waals surface area contributed by atoms with Crippen molar-refractivity contribution in [2.45, 2.75) is 19.4 Å². The Kier molecular flexibility index (Phi) is 2.48. The molecule has 0 radical (unpaired) electrons. The molecule has 5 heteroatoms. The van der Waals surface area contributed by atoms with Gasteiger partial charge in [-0.1, -0.05) is 17.7 Å². The van der Waals surface area contributed by atoms with Gasteiger partial charge in [-0.15, -0.1) is 0 Å². The zero-order valence-corrected chi connectivity index (χ0v) is 11.0. The fraction of sp³-hybridized carbons (Fsp3) is 0.462. The van der Waals surface area contributed by atoms with Gasteiger partial charge in [0.1, 0.15) is 0 Å². The van der Waals surface area contributed by atoms with Crippen LogP contribution in [0, 0.1) is 12.8 Å². The van der Waals surface area contributed by atoms with E-state index in [1.807, 2.05) is 31.2 Å². The smallest absolute Gasteiger partial charge is 0.227 e. The van der Waals surface area contributed by atoms with Gasteiger partial charge in [0.15, 0.2) is 9.84 Å². The van der Waals surface area contributed by atoms with E-state index in [0.717, 1.165) is 11.3 Å². The van der Waals surface area contributed by atoms with Crippen LogP contribution in [0.3, 0.4) is 0 Å². The molecule has 0 spiro atoms. The Hall–Kier alpha value is -1.36. The third kappa shape index (κ3) is 1.82. The van der Waals surface area contributed by atoms with Crippen LogP contribution in [0.15, 0.2) is 24.3 Å². The van der Waals surface area contributed by atoms with E-state index in [-0.39, 0.29) is 29.4 Å². The summed E-state index contributed by atoms with van der Waals surface area (Å²) in [6.45, 7) is 1.98. The Morgan fingerprint density at radius 2 is 1.83 bits per heavy atom. The average molecular weight is 265 g/mol. The largest absolute Gasteiger partial charge is 0.308 e. The third-order valence-electron chi connectivity index (χ3n) is 3.79. The van der Waals surface area contributed by atoms with Gasteiger partial charge in [-0.05, 0) is 19.1 Å². The molecule has 1 aromatic carbocycles. The van der Waals surface area contributed by atoms with Crippen molar-refractivity contribution >= 4 is 21.4 Å². The highest BCUT2D eigenvalue weighted by atomic mass is 32.2. The fourth-order valence-electron chi connectivity index (χ4n) is 2.93. The minimum atomic E-state index is -2.97. The Balaban J connectivity index is 1.96. The maximum atomic E-state index is 12.0. The van der Waals surface area contributed by atoms with E-state index >= 15 is 0 Å². The van der Waals surface area contributed by atoms with E-state index in [4.69, 9.17) is 0 Å². The van der Waals surface area contributed by atoms with Gasteiger partial charge in [0, 0.05) is 18.0 Å². The molecule has 2 heterocycles. The number of fused-ring (bicyclic) bond motifs is 1. The Labute approximate surface area is 107 Å². The molecule has 4 nitrogen and oxygen atoms in total. The summed E-state index contributed by atoms with van der Waals surface area (Å²) in [5.41, 5.74) is 1.94. The lowest BCUT2D eigenvalue weighted by molar-refractivity contribution is -0.117. The molecule has 0 aliphatic carbocycles. The maximum Gasteiger partial charge on any atom is 0.227 e. The number of amides is 1. The van der Waals surface area contributed by atoms with Crippen molar-refractivity contribution in [1.82, 2.24) is 0 Å². The van der Waals surface area contributed by atoms with Crippen LogP contribution in [0.2, 0.25) is 0 Å². The minimum Gasteiger partial charge on any atom is -0.308 e. The SMILES string of the molecule is Cc1ccc(N2C(=O)C[C@H]3CS(=O)(=O)C[C@H]32)cc1. The highest BCUT2D eigenvalue weighted by Gasteiger charge is 2.49. The first-order valence-corrected chi connectivity index (χ1v) is 7.87. The van der Waals surface area contributed by atoms with Gasteiger partial charge >= 0.3 is 0 Å². The topological polar surface area (TPSA) is 54.5 Å². The lowest BCUT2D eigenvalue weighted by Gasteiger charge is -2.23. The molecule has 0 saturated carbocycles. The van der Waals surface area contributed by atoms with Crippen molar-refractivity contribution in [3.05, 3.63) is 29.8 Å². The molecule has 2 saturated heterocycles. The van der Waals surface area contributed by atoms with Gasteiger partial charge < -0.3 is 4.90 Å². The molecule has 2 fully saturated rings. The van der Waals surface area contributed by atoms with Crippen molar-refractivity contribution in [2.24, 2.45) is 5.92 Å². The van der Waals surface area contributed by atoms with Crippen LogP contribution in [0.1, 0.15) is 12.0 Å². The molecule has 2 aliphatic rings. The number of aryl methyl sites for hydroxylation is 1. The summed E-state index contributed by atoms with van der Waals surface area (Å²) in [6, 6.07) is 7.50. The number of sulfone groups is 1. The first-order chi connectivity index (χ1) is 8.46. The molecule has 0 bridgehead atoms. The number of carbonyl (C=O) groups is 1. The highest BCUT2D eigenvalue weighted by molar-refractivity contribution is 7.91. The van der Waals surface area contributed by atoms with Gasteiger partial charge in [-0.3, -0.25) is 4.79 Å². The standard InChI is InChI=1S/C13H15NO3S/c1-9-2-4-11(5-3-9)14-12-8-18(16,17)7-10(12)6-13(14)15/h2-5,10,12H,6-8H2,1H3/t10-,12+/m0/s1. The Morgan fingerprint density at radius 1 is 1.17 bits per heavy atom. The van der Waals surface area contributed by atoms with Crippen LogP contribution >= 0.6 is 0 Å². The predicted octanol–water partition coefficient (Wildman–Crippen LogP) is 1.14. The van der Waals surface area contributed by atoms with Gasteiger partial charge in [0.2, 0.25) is 5.91 Å². The molecule has 0 unspecified atom stereocenters. The van der Waals surface area contributed by atoms with E-state index in [1.54, 1.807) is 4.90 Å². The number of rotatable bonds is 1. The van der Waals surface area contributed by atoms with E-state index < -0.39 is 9.84 Å². The zero-order chi connectivity index (χ0) is 12.9. The second-order valence-corrected chi connectivity index (χ2v) is 7.36. The monoisotopic (exact) mass is 265 g/mol. The lowest BCUT2D eigenvalue weighted by Crippen LogP contribution is -2.36. The van der Waals surface area contributed by atoms with Crippen molar-refractivity contribution in [3.8, 4) is 0 Å². The van der Waals surface area contributed by atoms with E-state index in [1.165, 1.54) is 0 Å². The number of carbonyl (C=O) groups excluding carboxylic acids is 1. The molecule has 2 atom stereocenters. The number of hydrogen-bond donors (Lipinski definition) is 0.